The standard InChI is InChI=1S/C20H19NO5/c1-11-6-14-15(21-10-20(23)24)9-17(26-18(14)7-12(11)2)13-4-5-16(22)19(8-13)25-3/h4-9,22H,10H2,1-3H3,(H,23,24). The Morgan fingerprint density at radius 1 is 1.15 bits per heavy atom. The summed E-state index contributed by atoms with van der Waals surface area (Å²) >= 11 is 0. The van der Waals surface area contributed by atoms with E-state index in [9.17, 15) is 9.90 Å². The first kappa shape index (κ1) is 17.5. The molecule has 134 valence electrons. The van der Waals surface area contributed by atoms with Crippen LogP contribution in [0.2, 0.25) is 0 Å². The van der Waals surface area contributed by atoms with Gasteiger partial charge in [0, 0.05) is 17.0 Å². The van der Waals surface area contributed by atoms with Crippen molar-refractivity contribution in [2.24, 2.45) is 4.99 Å². The SMILES string of the molecule is COc1cc(-c2cc(=NCC(=O)O)c3cc(C)c(C)cc3o2)ccc1O. The fourth-order valence-electron chi connectivity index (χ4n) is 2.68. The highest BCUT2D eigenvalue weighted by Crippen LogP contribution is 2.32. The Kier molecular flexibility index (Phi) is 4.67. The summed E-state index contributed by atoms with van der Waals surface area (Å²) < 4.78 is 11.2. The molecule has 0 fully saturated rings. The first-order chi connectivity index (χ1) is 12.4. The minimum Gasteiger partial charge on any atom is -0.504 e. The van der Waals surface area contributed by atoms with Crippen LogP contribution in [0.15, 0.2) is 45.8 Å². The Bertz CT molecular complexity index is 1070. The fraction of sp³-hybridized carbons (Fsp3) is 0.200. The average Bonchev–Trinajstić information content (AvgIpc) is 2.61. The summed E-state index contributed by atoms with van der Waals surface area (Å²) in [6.07, 6.45) is 0. The molecule has 1 heterocycles. The number of nitrogens with zero attached hydrogens (tertiary/aromatic N) is 1. The van der Waals surface area contributed by atoms with Crippen LogP contribution in [0, 0.1) is 13.8 Å². The highest BCUT2D eigenvalue weighted by molar-refractivity contribution is 5.80. The third-order valence-corrected chi connectivity index (χ3v) is 4.21. The number of methoxy groups -OCH3 is 1. The summed E-state index contributed by atoms with van der Waals surface area (Å²) in [7, 11) is 1.47. The molecule has 26 heavy (non-hydrogen) atoms. The van der Waals surface area contributed by atoms with Gasteiger partial charge in [0.05, 0.1) is 12.5 Å². The molecule has 6 nitrogen and oxygen atoms in total. The zero-order chi connectivity index (χ0) is 18.8. The third kappa shape index (κ3) is 3.39. The van der Waals surface area contributed by atoms with Crippen LogP contribution >= 0.6 is 0 Å². The highest BCUT2D eigenvalue weighted by Gasteiger charge is 2.11. The van der Waals surface area contributed by atoms with Crippen LogP contribution in [0.3, 0.4) is 0 Å². The molecule has 0 spiro atoms. The molecule has 0 aliphatic heterocycles. The third-order valence-electron chi connectivity index (χ3n) is 4.21. The summed E-state index contributed by atoms with van der Waals surface area (Å²) in [5.74, 6) is -0.153. The van der Waals surface area contributed by atoms with Gasteiger partial charge in [0.1, 0.15) is 17.9 Å². The normalized spacial score (nSPS) is 11.7. The summed E-state index contributed by atoms with van der Waals surface area (Å²) in [5, 5.41) is 20.0. The molecule has 0 atom stereocenters. The Labute approximate surface area is 150 Å². The number of phenols is 1. The van der Waals surface area contributed by atoms with Crippen molar-refractivity contribution >= 4 is 16.9 Å². The van der Waals surface area contributed by atoms with Crippen molar-refractivity contribution in [3.63, 3.8) is 0 Å². The van der Waals surface area contributed by atoms with E-state index in [1.807, 2.05) is 26.0 Å². The molecule has 0 bridgehead atoms. The van der Waals surface area contributed by atoms with E-state index in [0.29, 0.717) is 28.0 Å². The molecule has 3 rings (SSSR count). The Morgan fingerprint density at radius 3 is 2.58 bits per heavy atom. The molecule has 0 aliphatic carbocycles. The first-order valence-corrected chi connectivity index (χ1v) is 8.04. The van der Waals surface area contributed by atoms with Crippen molar-refractivity contribution in [2.45, 2.75) is 13.8 Å². The summed E-state index contributed by atoms with van der Waals surface area (Å²) in [4.78, 5) is 15.2. The quantitative estimate of drug-likeness (QED) is 0.750. The van der Waals surface area contributed by atoms with Crippen LogP contribution in [0.4, 0.5) is 0 Å². The number of aromatic hydroxyl groups is 1. The Hall–Kier alpha value is -3.28. The Balaban J connectivity index is 2.28. The maximum Gasteiger partial charge on any atom is 0.325 e. The van der Waals surface area contributed by atoms with Crippen molar-refractivity contribution in [2.75, 3.05) is 13.7 Å². The zero-order valence-corrected chi connectivity index (χ0v) is 14.7. The molecule has 2 N–H and O–H groups in total. The molecular formula is C20H19NO5. The number of phenolic OH excluding ortho intramolecular Hbond substituents is 1. The number of benzene rings is 2. The van der Waals surface area contributed by atoms with Crippen LogP contribution < -0.4 is 10.1 Å². The van der Waals surface area contributed by atoms with E-state index >= 15 is 0 Å². The number of fused-ring (bicyclic) bond motifs is 1. The number of carboxylic acid groups (broad SMARTS) is 1. The fourth-order valence-corrected chi connectivity index (χ4v) is 2.68. The van der Waals surface area contributed by atoms with Gasteiger partial charge >= 0.3 is 5.97 Å². The molecule has 0 amide bonds. The minimum absolute atomic E-state index is 0.0271. The largest absolute Gasteiger partial charge is 0.504 e. The second-order valence-corrected chi connectivity index (χ2v) is 6.03. The molecule has 0 radical (unpaired) electrons. The molecule has 0 unspecified atom stereocenters. The lowest BCUT2D eigenvalue weighted by Crippen LogP contribution is -2.09. The zero-order valence-electron chi connectivity index (χ0n) is 14.7. The predicted octanol–water partition coefficient (Wildman–Crippen LogP) is 3.42. The van der Waals surface area contributed by atoms with Gasteiger partial charge in [-0.1, -0.05) is 0 Å². The van der Waals surface area contributed by atoms with Crippen LogP contribution in [0.25, 0.3) is 22.3 Å². The lowest BCUT2D eigenvalue weighted by Gasteiger charge is -2.09. The van der Waals surface area contributed by atoms with Gasteiger partial charge in [0.15, 0.2) is 11.5 Å². The monoisotopic (exact) mass is 353 g/mol. The lowest BCUT2D eigenvalue weighted by molar-refractivity contribution is -0.135. The summed E-state index contributed by atoms with van der Waals surface area (Å²) in [6, 6.07) is 10.4. The number of aryl methyl sites for hydroxylation is 2. The number of hydrogen-bond donors (Lipinski definition) is 2. The molecule has 0 saturated heterocycles. The van der Waals surface area contributed by atoms with Gasteiger partial charge in [0.2, 0.25) is 0 Å². The van der Waals surface area contributed by atoms with E-state index in [2.05, 4.69) is 4.99 Å². The van der Waals surface area contributed by atoms with Crippen molar-refractivity contribution in [3.8, 4) is 22.8 Å². The number of carbonyl (C=O) groups is 1. The van der Waals surface area contributed by atoms with E-state index in [1.165, 1.54) is 13.2 Å². The minimum atomic E-state index is -1.00. The van der Waals surface area contributed by atoms with Gasteiger partial charge in [-0.3, -0.25) is 9.79 Å². The molecule has 6 heteroatoms. The van der Waals surface area contributed by atoms with Gasteiger partial charge in [0.25, 0.3) is 0 Å². The molecular weight excluding hydrogens is 334 g/mol. The summed E-state index contributed by atoms with van der Waals surface area (Å²) in [6.45, 7) is 3.63. The van der Waals surface area contributed by atoms with Gasteiger partial charge < -0.3 is 19.4 Å². The number of hydrogen-bond acceptors (Lipinski definition) is 5. The predicted molar refractivity (Wildman–Crippen MR) is 97.4 cm³/mol. The average molecular weight is 353 g/mol. The number of carboxylic acids is 1. The van der Waals surface area contributed by atoms with E-state index < -0.39 is 5.97 Å². The first-order valence-electron chi connectivity index (χ1n) is 8.04. The number of aliphatic carboxylic acids is 1. The smallest absolute Gasteiger partial charge is 0.325 e. The lowest BCUT2D eigenvalue weighted by atomic mass is 10.1. The van der Waals surface area contributed by atoms with Crippen molar-refractivity contribution in [1.29, 1.82) is 0 Å². The van der Waals surface area contributed by atoms with Crippen LogP contribution in [-0.4, -0.2) is 29.8 Å². The van der Waals surface area contributed by atoms with E-state index in [0.717, 1.165) is 16.5 Å². The topological polar surface area (TPSA) is 92.3 Å². The van der Waals surface area contributed by atoms with Gasteiger partial charge in [-0.15, -0.1) is 0 Å². The van der Waals surface area contributed by atoms with Crippen molar-refractivity contribution in [1.82, 2.24) is 0 Å². The molecule has 0 saturated carbocycles. The van der Waals surface area contributed by atoms with E-state index in [-0.39, 0.29) is 12.3 Å². The second-order valence-electron chi connectivity index (χ2n) is 6.03. The maximum atomic E-state index is 10.9. The molecule has 2 aromatic carbocycles. The number of ether oxygens (including phenoxy) is 1. The Morgan fingerprint density at radius 2 is 1.88 bits per heavy atom. The highest BCUT2D eigenvalue weighted by atomic mass is 16.5. The second kappa shape index (κ2) is 6.92. The van der Waals surface area contributed by atoms with Crippen molar-refractivity contribution in [3.05, 3.63) is 52.9 Å². The molecule has 3 aromatic rings. The van der Waals surface area contributed by atoms with Crippen LogP contribution in [-0.2, 0) is 4.79 Å². The van der Waals surface area contributed by atoms with E-state index in [4.69, 9.17) is 14.3 Å². The number of rotatable bonds is 4. The van der Waals surface area contributed by atoms with E-state index in [1.54, 1.807) is 18.2 Å². The maximum absolute atomic E-state index is 10.9. The van der Waals surface area contributed by atoms with Gasteiger partial charge in [-0.25, -0.2) is 0 Å². The van der Waals surface area contributed by atoms with Crippen LogP contribution in [0.5, 0.6) is 11.5 Å². The molecule has 1 aromatic heterocycles. The van der Waals surface area contributed by atoms with Gasteiger partial charge in [-0.2, -0.15) is 0 Å². The summed E-state index contributed by atoms with van der Waals surface area (Å²) in [5.41, 5.74) is 3.43. The molecule has 0 aliphatic rings. The van der Waals surface area contributed by atoms with Crippen molar-refractivity contribution < 1.29 is 24.2 Å². The van der Waals surface area contributed by atoms with Gasteiger partial charge in [-0.05, 0) is 55.3 Å². The van der Waals surface area contributed by atoms with Crippen LogP contribution in [0.1, 0.15) is 11.1 Å².